The van der Waals surface area contributed by atoms with Crippen molar-refractivity contribution in [2.75, 3.05) is 20.6 Å². The average molecular weight is 367 g/mol. The van der Waals surface area contributed by atoms with Crippen molar-refractivity contribution in [1.82, 2.24) is 4.90 Å². The summed E-state index contributed by atoms with van der Waals surface area (Å²) >= 11 is 0.989. The molecular weight excluding hydrogens is 350 g/mol. The Bertz CT molecular complexity index is 812. The zero-order valence-electron chi connectivity index (χ0n) is 13.8. The van der Waals surface area contributed by atoms with Gasteiger partial charge in [0.05, 0.1) is 5.56 Å². The molecule has 0 spiro atoms. The molecule has 3 rings (SSSR count). The Hall–Kier alpha value is -1.79. The summed E-state index contributed by atoms with van der Waals surface area (Å²) in [6, 6.07) is 8.55. The Balaban J connectivity index is 2.14. The van der Waals surface area contributed by atoms with E-state index in [4.69, 9.17) is 0 Å². The van der Waals surface area contributed by atoms with Crippen molar-refractivity contribution >= 4 is 11.8 Å². The predicted molar refractivity (Wildman–Crippen MR) is 91.5 cm³/mol. The van der Waals surface area contributed by atoms with Crippen molar-refractivity contribution in [2.45, 2.75) is 21.9 Å². The monoisotopic (exact) mass is 367 g/mol. The highest BCUT2D eigenvalue weighted by Gasteiger charge is 2.37. The minimum Gasteiger partial charge on any atom is -0.306 e. The topological polar surface area (TPSA) is 3.24 Å². The maximum Gasteiger partial charge on any atom is 0.417 e. The normalized spacial score (nSPS) is 17.0. The number of rotatable bonds is 3. The van der Waals surface area contributed by atoms with Crippen molar-refractivity contribution in [3.8, 4) is 0 Å². The van der Waals surface area contributed by atoms with E-state index in [-0.39, 0.29) is 10.8 Å². The highest BCUT2D eigenvalue weighted by atomic mass is 32.2. The van der Waals surface area contributed by atoms with Gasteiger partial charge in [-0.3, -0.25) is 0 Å². The van der Waals surface area contributed by atoms with Crippen LogP contribution in [-0.4, -0.2) is 25.5 Å². The van der Waals surface area contributed by atoms with E-state index in [2.05, 4.69) is 0 Å². The summed E-state index contributed by atoms with van der Waals surface area (Å²) in [6.07, 6.45) is -0.617. The number of likely N-dealkylation sites (N-methyl/N-ethyl adjacent to an activating group) is 1. The Labute approximate surface area is 148 Å². The van der Waals surface area contributed by atoms with Gasteiger partial charge in [0, 0.05) is 22.3 Å². The lowest BCUT2D eigenvalue weighted by molar-refractivity contribution is -0.139. The first-order chi connectivity index (χ1) is 11.8. The van der Waals surface area contributed by atoms with Gasteiger partial charge in [0.15, 0.2) is 0 Å². The lowest BCUT2D eigenvalue weighted by Gasteiger charge is -2.28. The smallest absolute Gasteiger partial charge is 0.306 e. The number of nitrogens with zero attached hydrogens (tertiary/aromatic N) is 1. The molecule has 0 aliphatic carbocycles. The van der Waals surface area contributed by atoms with Crippen LogP contribution < -0.4 is 0 Å². The molecule has 0 fully saturated rings. The number of halogens is 4. The summed E-state index contributed by atoms with van der Waals surface area (Å²) in [7, 11) is 3.83. The average Bonchev–Trinajstić information content (AvgIpc) is 2.52. The molecule has 0 N–H and O–H groups in total. The number of alkyl halides is 3. The van der Waals surface area contributed by atoms with Gasteiger partial charge >= 0.3 is 6.18 Å². The van der Waals surface area contributed by atoms with E-state index >= 15 is 0 Å². The van der Waals surface area contributed by atoms with Crippen molar-refractivity contribution < 1.29 is 17.6 Å². The number of fused-ring (bicyclic) bond motifs is 2. The molecule has 0 saturated heterocycles. The molecule has 0 saturated carbocycles. The third-order valence-corrected chi connectivity index (χ3v) is 5.24. The first kappa shape index (κ1) is 18.0. The molecule has 0 amide bonds. The van der Waals surface area contributed by atoms with Crippen molar-refractivity contribution in [1.29, 1.82) is 0 Å². The number of hydrogen-bond donors (Lipinski definition) is 0. The van der Waals surface area contributed by atoms with Gasteiger partial charge < -0.3 is 4.90 Å². The second-order valence-corrected chi connectivity index (χ2v) is 7.23. The van der Waals surface area contributed by atoms with Crippen LogP contribution in [0.15, 0.2) is 58.3 Å². The van der Waals surface area contributed by atoms with Gasteiger partial charge in [0.25, 0.3) is 0 Å². The van der Waals surface area contributed by atoms with Gasteiger partial charge in [0.2, 0.25) is 0 Å². The van der Waals surface area contributed by atoms with E-state index in [1.54, 1.807) is 12.1 Å². The van der Waals surface area contributed by atoms with Crippen molar-refractivity contribution in [3.05, 3.63) is 71.1 Å². The predicted octanol–water partition coefficient (Wildman–Crippen LogP) is 5.56. The SMILES string of the molecule is CN(C)C/C=C/C1c2ccc(F)cc2Sc2c1cccc2C(F)(F)F. The standard InChI is InChI=1S/C19H17F4NS/c1-24(2)10-4-6-13-14-9-8-12(20)11-17(14)25-18-15(13)5-3-7-16(18)19(21,22)23/h3-9,11,13H,10H2,1-2H3/b6-4+. The molecule has 0 bridgehead atoms. The molecule has 25 heavy (non-hydrogen) atoms. The zero-order valence-corrected chi connectivity index (χ0v) is 14.6. The third kappa shape index (κ3) is 3.75. The Morgan fingerprint density at radius 2 is 1.88 bits per heavy atom. The van der Waals surface area contributed by atoms with E-state index < -0.39 is 17.6 Å². The van der Waals surface area contributed by atoms with Crippen molar-refractivity contribution in [2.24, 2.45) is 0 Å². The van der Waals surface area contributed by atoms with E-state index in [0.29, 0.717) is 17.0 Å². The summed E-state index contributed by atoms with van der Waals surface area (Å²) < 4.78 is 53.8. The van der Waals surface area contributed by atoms with Crippen LogP contribution in [0.1, 0.15) is 22.6 Å². The molecular formula is C19H17F4NS. The molecule has 0 aromatic heterocycles. The van der Waals surface area contributed by atoms with E-state index in [1.165, 1.54) is 18.2 Å². The van der Waals surface area contributed by atoms with Gasteiger partial charge in [-0.05, 0) is 43.4 Å². The summed E-state index contributed by atoms with van der Waals surface area (Å²) in [5.74, 6) is -0.774. The molecule has 2 aromatic rings. The number of hydrogen-bond acceptors (Lipinski definition) is 2. The molecule has 6 heteroatoms. The lowest BCUT2D eigenvalue weighted by atomic mass is 9.89. The third-order valence-electron chi connectivity index (χ3n) is 4.01. The van der Waals surface area contributed by atoms with E-state index in [9.17, 15) is 17.6 Å². The van der Waals surface area contributed by atoms with Gasteiger partial charge in [-0.25, -0.2) is 4.39 Å². The Morgan fingerprint density at radius 1 is 1.12 bits per heavy atom. The summed E-state index contributed by atoms with van der Waals surface area (Å²) in [5, 5.41) is 0. The van der Waals surface area contributed by atoms with Crippen LogP contribution in [-0.2, 0) is 6.18 Å². The van der Waals surface area contributed by atoms with Crippen LogP contribution in [0.25, 0.3) is 0 Å². The highest BCUT2D eigenvalue weighted by molar-refractivity contribution is 7.99. The summed E-state index contributed by atoms with van der Waals surface area (Å²) in [6.45, 7) is 0.675. The quantitative estimate of drug-likeness (QED) is 0.516. The summed E-state index contributed by atoms with van der Waals surface area (Å²) in [5.41, 5.74) is 0.762. The van der Waals surface area contributed by atoms with Gasteiger partial charge in [0.1, 0.15) is 5.82 Å². The van der Waals surface area contributed by atoms with Crippen LogP contribution in [0.4, 0.5) is 17.6 Å². The molecule has 1 aliphatic rings. The van der Waals surface area contributed by atoms with Crippen LogP contribution in [0.2, 0.25) is 0 Å². The van der Waals surface area contributed by atoms with Gasteiger partial charge in [-0.2, -0.15) is 13.2 Å². The maximum absolute atomic E-state index is 13.6. The Morgan fingerprint density at radius 3 is 2.56 bits per heavy atom. The van der Waals surface area contributed by atoms with Gasteiger partial charge in [-0.1, -0.05) is 42.1 Å². The molecule has 2 aromatic carbocycles. The first-order valence-corrected chi connectivity index (χ1v) is 8.58. The van der Waals surface area contributed by atoms with Crippen LogP contribution in [0.5, 0.6) is 0 Å². The van der Waals surface area contributed by atoms with E-state index in [0.717, 1.165) is 23.4 Å². The second kappa shape index (κ2) is 6.84. The van der Waals surface area contributed by atoms with E-state index in [1.807, 2.05) is 31.1 Å². The molecule has 1 heterocycles. The van der Waals surface area contributed by atoms with Crippen LogP contribution in [0, 0.1) is 5.82 Å². The fourth-order valence-corrected chi connectivity index (χ4v) is 4.19. The first-order valence-electron chi connectivity index (χ1n) is 7.76. The largest absolute Gasteiger partial charge is 0.417 e. The molecule has 132 valence electrons. The van der Waals surface area contributed by atoms with Crippen LogP contribution >= 0.6 is 11.8 Å². The lowest BCUT2D eigenvalue weighted by Crippen LogP contribution is -2.14. The highest BCUT2D eigenvalue weighted by Crippen LogP contribution is 2.50. The number of allylic oxidation sites excluding steroid dienone is 1. The van der Waals surface area contributed by atoms with Crippen molar-refractivity contribution in [3.63, 3.8) is 0 Å². The molecule has 1 atom stereocenters. The second-order valence-electron chi connectivity index (χ2n) is 6.17. The molecule has 1 nitrogen and oxygen atoms in total. The number of benzene rings is 2. The molecule has 1 unspecified atom stereocenters. The zero-order chi connectivity index (χ0) is 18.2. The fraction of sp³-hybridized carbons (Fsp3) is 0.263. The molecule has 1 aliphatic heterocycles. The minimum absolute atomic E-state index is 0.160. The molecule has 0 radical (unpaired) electrons. The van der Waals surface area contributed by atoms with Crippen LogP contribution in [0.3, 0.4) is 0 Å². The fourth-order valence-electron chi connectivity index (χ4n) is 2.88. The minimum atomic E-state index is -4.44. The summed E-state index contributed by atoms with van der Waals surface area (Å²) in [4.78, 5) is 2.66. The maximum atomic E-state index is 13.6. The Kier molecular flexibility index (Phi) is 4.93. The van der Waals surface area contributed by atoms with Gasteiger partial charge in [-0.15, -0.1) is 0 Å².